The Hall–Kier alpha value is -2.36. The first kappa shape index (κ1) is 16.0. The van der Waals surface area contributed by atoms with E-state index in [9.17, 15) is 4.79 Å². The number of nitrogens with zero attached hydrogens (tertiary/aromatic N) is 1. The first-order valence-corrected chi connectivity index (χ1v) is 7.72. The molecule has 0 saturated heterocycles. The maximum absolute atomic E-state index is 12.0. The summed E-state index contributed by atoms with van der Waals surface area (Å²) in [5.74, 6) is -0.118. The lowest BCUT2D eigenvalue weighted by atomic mass is 10.1. The van der Waals surface area contributed by atoms with Crippen LogP contribution in [0.5, 0.6) is 0 Å². The molecule has 2 N–H and O–H groups in total. The van der Waals surface area contributed by atoms with Gasteiger partial charge in [-0.3, -0.25) is 9.78 Å². The van der Waals surface area contributed by atoms with Crippen LogP contribution in [-0.2, 0) is 6.54 Å². The summed E-state index contributed by atoms with van der Waals surface area (Å²) in [6.45, 7) is 5.59. The molecule has 0 aliphatic carbocycles. The Bertz CT molecular complexity index is 625. The van der Waals surface area contributed by atoms with E-state index >= 15 is 0 Å². The van der Waals surface area contributed by atoms with Gasteiger partial charge in [-0.15, -0.1) is 0 Å². The molecule has 0 saturated carbocycles. The molecule has 22 heavy (non-hydrogen) atoms. The normalized spacial score (nSPS) is 10.3. The largest absolute Gasteiger partial charge is 0.381 e. The second-order valence-corrected chi connectivity index (χ2v) is 5.38. The Morgan fingerprint density at radius 3 is 2.86 bits per heavy atom. The lowest BCUT2D eigenvalue weighted by Gasteiger charge is -2.09. The number of amides is 1. The fourth-order valence-electron chi connectivity index (χ4n) is 2.16. The van der Waals surface area contributed by atoms with E-state index in [0.29, 0.717) is 12.2 Å². The lowest BCUT2D eigenvalue weighted by Crippen LogP contribution is -2.25. The standard InChI is InChI=1S/C18H23N3O/c1-3-4-9-20-18(22)17-12-16(8-10-19-17)21-13-15-7-5-6-14(2)11-15/h5-8,10-12H,3-4,9,13H2,1-2H3,(H,19,21)(H,20,22). The van der Waals surface area contributed by atoms with Crippen LogP contribution in [0.25, 0.3) is 0 Å². The number of hydrogen-bond donors (Lipinski definition) is 2. The Morgan fingerprint density at radius 2 is 2.09 bits per heavy atom. The SMILES string of the molecule is CCCCNC(=O)c1cc(NCc2cccc(C)c2)ccn1. The zero-order valence-corrected chi connectivity index (χ0v) is 13.2. The van der Waals surface area contributed by atoms with Crippen molar-refractivity contribution < 1.29 is 4.79 Å². The first-order chi connectivity index (χ1) is 10.7. The molecule has 0 fully saturated rings. The summed E-state index contributed by atoms with van der Waals surface area (Å²) in [5, 5.41) is 6.21. The smallest absolute Gasteiger partial charge is 0.269 e. The molecule has 0 radical (unpaired) electrons. The monoisotopic (exact) mass is 297 g/mol. The van der Waals surface area contributed by atoms with Gasteiger partial charge in [0.15, 0.2) is 0 Å². The second-order valence-electron chi connectivity index (χ2n) is 5.38. The molecule has 2 rings (SSSR count). The van der Waals surface area contributed by atoms with Crippen LogP contribution in [0.2, 0.25) is 0 Å². The van der Waals surface area contributed by atoms with Crippen molar-refractivity contribution in [3.63, 3.8) is 0 Å². The van der Waals surface area contributed by atoms with Gasteiger partial charge in [-0.05, 0) is 31.0 Å². The number of unbranched alkanes of at least 4 members (excludes halogenated alkanes) is 1. The maximum Gasteiger partial charge on any atom is 0.269 e. The molecule has 4 heteroatoms. The van der Waals surface area contributed by atoms with E-state index in [0.717, 1.165) is 25.1 Å². The Balaban J connectivity index is 1.95. The van der Waals surface area contributed by atoms with E-state index in [1.165, 1.54) is 11.1 Å². The minimum absolute atomic E-state index is 0.118. The van der Waals surface area contributed by atoms with Gasteiger partial charge in [0.05, 0.1) is 0 Å². The van der Waals surface area contributed by atoms with Gasteiger partial charge in [0, 0.05) is 25.0 Å². The average molecular weight is 297 g/mol. The molecule has 0 aliphatic rings. The molecule has 4 nitrogen and oxygen atoms in total. The van der Waals surface area contributed by atoms with Crippen LogP contribution < -0.4 is 10.6 Å². The summed E-state index contributed by atoms with van der Waals surface area (Å²) >= 11 is 0. The molecule has 1 amide bonds. The van der Waals surface area contributed by atoms with Crippen LogP contribution in [0, 0.1) is 6.92 Å². The Labute approximate surface area is 132 Å². The number of anilines is 1. The van der Waals surface area contributed by atoms with Crippen molar-refractivity contribution >= 4 is 11.6 Å². The van der Waals surface area contributed by atoms with Gasteiger partial charge in [0.2, 0.25) is 0 Å². The van der Waals surface area contributed by atoms with Crippen molar-refractivity contribution in [3.8, 4) is 0 Å². The average Bonchev–Trinajstić information content (AvgIpc) is 2.53. The van der Waals surface area contributed by atoms with Crippen LogP contribution in [-0.4, -0.2) is 17.4 Å². The third-order valence-electron chi connectivity index (χ3n) is 3.39. The highest BCUT2D eigenvalue weighted by Gasteiger charge is 2.07. The minimum atomic E-state index is -0.118. The molecule has 0 aliphatic heterocycles. The first-order valence-electron chi connectivity index (χ1n) is 7.72. The lowest BCUT2D eigenvalue weighted by molar-refractivity contribution is 0.0948. The summed E-state index contributed by atoms with van der Waals surface area (Å²) in [6.07, 6.45) is 3.70. The number of aryl methyl sites for hydroxylation is 1. The molecule has 1 aromatic carbocycles. The van der Waals surface area contributed by atoms with Gasteiger partial charge in [-0.1, -0.05) is 43.2 Å². The van der Waals surface area contributed by atoms with E-state index in [1.54, 1.807) is 12.3 Å². The molecule has 1 aromatic heterocycles. The molecular weight excluding hydrogens is 274 g/mol. The number of hydrogen-bond acceptors (Lipinski definition) is 3. The number of carbonyl (C=O) groups is 1. The predicted octanol–water partition coefficient (Wildman–Crippen LogP) is 3.53. The third-order valence-corrected chi connectivity index (χ3v) is 3.39. The summed E-state index contributed by atoms with van der Waals surface area (Å²) in [4.78, 5) is 16.1. The van der Waals surface area contributed by atoms with Gasteiger partial charge >= 0.3 is 0 Å². The van der Waals surface area contributed by atoms with Gasteiger partial charge in [-0.25, -0.2) is 0 Å². The van der Waals surface area contributed by atoms with Crippen LogP contribution in [0.4, 0.5) is 5.69 Å². The zero-order valence-electron chi connectivity index (χ0n) is 13.2. The van der Waals surface area contributed by atoms with Crippen LogP contribution in [0.15, 0.2) is 42.6 Å². The van der Waals surface area contributed by atoms with E-state index in [-0.39, 0.29) is 5.91 Å². The molecule has 116 valence electrons. The van der Waals surface area contributed by atoms with Crippen molar-refractivity contribution in [3.05, 3.63) is 59.4 Å². The molecule has 2 aromatic rings. The highest BCUT2D eigenvalue weighted by Crippen LogP contribution is 2.11. The topological polar surface area (TPSA) is 54.0 Å². The molecule has 0 bridgehead atoms. The summed E-state index contributed by atoms with van der Waals surface area (Å²) in [5.41, 5.74) is 3.80. The van der Waals surface area contributed by atoms with E-state index in [2.05, 4.69) is 47.7 Å². The van der Waals surface area contributed by atoms with Gasteiger partial charge in [0.25, 0.3) is 5.91 Å². The number of benzene rings is 1. The molecule has 1 heterocycles. The summed E-state index contributed by atoms with van der Waals surface area (Å²) in [6, 6.07) is 12.0. The van der Waals surface area contributed by atoms with E-state index in [4.69, 9.17) is 0 Å². The number of rotatable bonds is 7. The van der Waals surface area contributed by atoms with Gasteiger partial charge in [0.1, 0.15) is 5.69 Å². The van der Waals surface area contributed by atoms with Crippen molar-refractivity contribution in [2.24, 2.45) is 0 Å². The third kappa shape index (κ3) is 4.88. The molecule has 0 spiro atoms. The number of carbonyl (C=O) groups excluding carboxylic acids is 1. The van der Waals surface area contributed by atoms with Gasteiger partial charge < -0.3 is 10.6 Å². The number of aromatic nitrogens is 1. The highest BCUT2D eigenvalue weighted by atomic mass is 16.1. The second kappa shape index (κ2) is 8.17. The van der Waals surface area contributed by atoms with Gasteiger partial charge in [-0.2, -0.15) is 0 Å². The molecule has 0 atom stereocenters. The number of pyridine rings is 1. The zero-order chi connectivity index (χ0) is 15.8. The summed E-state index contributed by atoms with van der Waals surface area (Å²) in [7, 11) is 0. The number of nitrogens with one attached hydrogen (secondary N) is 2. The molecular formula is C18H23N3O. The van der Waals surface area contributed by atoms with Crippen molar-refractivity contribution in [2.75, 3.05) is 11.9 Å². The maximum atomic E-state index is 12.0. The highest BCUT2D eigenvalue weighted by molar-refractivity contribution is 5.93. The Morgan fingerprint density at radius 1 is 1.23 bits per heavy atom. The van der Waals surface area contributed by atoms with Crippen LogP contribution in [0.1, 0.15) is 41.4 Å². The van der Waals surface area contributed by atoms with Crippen LogP contribution >= 0.6 is 0 Å². The minimum Gasteiger partial charge on any atom is -0.381 e. The summed E-state index contributed by atoms with van der Waals surface area (Å²) < 4.78 is 0. The van der Waals surface area contributed by atoms with E-state index < -0.39 is 0 Å². The quantitative estimate of drug-likeness (QED) is 0.769. The van der Waals surface area contributed by atoms with E-state index in [1.807, 2.05) is 12.1 Å². The van der Waals surface area contributed by atoms with Crippen molar-refractivity contribution in [1.29, 1.82) is 0 Å². The predicted molar refractivity (Wildman–Crippen MR) is 90.0 cm³/mol. The van der Waals surface area contributed by atoms with Crippen molar-refractivity contribution in [2.45, 2.75) is 33.2 Å². The fourth-order valence-corrected chi connectivity index (χ4v) is 2.16. The molecule has 0 unspecified atom stereocenters. The van der Waals surface area contributed by atoms with Crippen LogP contribution in [0.3, 0.4) is 0 Å². The fraction of sp³-hybridized carbons (Fsp3) is 0.333. The Kier molecular flexibility index (Phi) is 5.95. The van der Waals surface area contributed by atoms with Crippen molar-refractivity contribution in [1.82, 2.24) is 10.3 Å².